The van der Waals surface area contributed by atoms with Crippen LogP contribution in [0.5, 0.6) is 0 Å². The van der Waals surface area contributed by atoms with Crippen molar-refractivity contribution in [1.82, 2.24) is 5.32 Å². The van der Waals surface area contributed by atoms with Crippen LogP contribution in [0.1, 0.15) is 47.5 Å². The summed E-state index contributed by atoms with van der Waals surface area (Å²) in [5, 5.41) is 11.9. The van der Waals surface area contributed by atoms with Gasteiger partial charge in [0.1, 0.15) is 0 Å². The Balaban J connectivity index is 2.78. The Bertz CT molecular complexity index is 846. The van der Waals surface area contributed by atoms with E-state index in [0.29, 0.717) is 4.47 Å². The van der Waals surface area contributed by atoms with E-state index in [9.17, 15) is 5.11 Å². The van der Waals surface area contributed by atoms with E-state index in [-0.39, 0.29) is 15.7 Å². The fourth-order valence-corrected chi connectivity index (χ4v) is 2.41. The van der Waals surface area contributed by atoms with E-state index in [1.54, 1.807) is 5.32 Å². The van der Waals surface area contributed by atoms with Crippen molar-refractivity contribution in [2.75, 3.05) is 5.73 Å². The van der Waals surface area contributed by atoms with Crippen LogP contribution in [0, 0.1) is 0 Å². The molecule has 0 spiro atoms. The first-order chi connectivity index (χ1) is 13.0. The van der Waals surface area contributed by atoms with Crippen molar-refractivity contribution in [2.45, 2.75) is 44.1 Å². The SMILES string of the molecule is [2H]C([2H])(NC1([2H])C([2H])([2H])C([2H])([2H])C([2H])(O)C([2H])([2H])C1([2H])[2H])c1cc(Br)cc(Br)c1N. The van der Waals surface area contributed by atoms with Gasteiger partial charge in [-0.1, -0.05) is 15.9 Å². The number of halogens is 2. The van der Waals surface area contributed by atoms with E-state index < -0.39 is 44.1 Å². The third-order valence-electron chi connectivity index (χ3n) is 2.03. The topological polar surface area (TPSA) is 58.3 Å². The highest BCUT2D eigenvalue weighted by molar-refractivity contribution is 9.11. The van der Waals surface area contributed by atoms with Gasteiger partial charge in [0.05, 0.1) is 13.1 Å². The lowest BCUT2D eigenvalue weighted by atomic mass is 9.93. The number of hydrogen-bond acceptors (Lipinski definition) is 3. The maximum atomic E-state index is 10.2. The van der Waals surface area contributed by atoms with Gasteiger partial charge in [0.2, 0.25) is 0 Å². The molecule has 0 amide bonds. The summed E-state index contributed by atoms with van der Waals surface area (Å²) in [5.74, 6) is 0. The van der Waals surface area contributed by atoms with Crippen molar-refractivity contribution in [3.05, 3.63) is 26.6 Å². The third-order valence-corrected chi connectivity index (χ3v) is 3.14. The number of anilines is 1. The molecule has 3 nitrogen and oxygen atoms in total. The highest BCUT2D eigenvalue weighted by atomic mass is 79.9. The fourth-order valence-electron chi connectivity index (χ4n) is 1.19. The average Bonchev–Trinajstić information content (AvgIpc) is 2.55. The highest BCUT2D eigenvalue weighted by Gasteiger charge is 2.19. The van der Waals surface area contributed by atoms with Crippen molar-refractivity contribution >= 4 is 37.5 Å². The molecule has 0 unspecified atom stereocenters. The van der Waals surface area contributed by atoms with Crippen LogP contribution in [-0.4, -0.2) is 17.2 Å². The largest absolute Gasteiger partial charge is 0.398 e. The molecule has 1 aliphatic rings. The molecule has 0 atom stereocenters. The van der Waals surface area contributed by atoms with Crippen LogP contribution in [0.15, 0.2) is 21.1 Å². The number of nitrogens with two attached hydrogens (primary N) is 1. The van der Waals surface area contributed by atoms with Crippen LogP contribution < -0.4 is 11.1 Å². The third kappa shape index (κ3) is 3.70. The second kappa shape index (κ2) is 6.37. The number of aliphatic hydroxyl groups is 1. The predicted octanol–water partition coefficient (Wildman–Crippen LogP) is 3.19. The fraction of sp³-hybridized carbons (Fsp3) is 0.538. The molecular weight excluding hydrogens is 360 g/mol. The Labute approximate surface area is 141 Å². The van der Waals surface area contributed by atoms with E-state index in [4.69, 9.17) is 22.2 Å². The summed E-state index contributed by atoms with van der Waals surface area (Å²) in [6.07, 6.45) is -19.2. The summed E-state index contributed by atoms with van der Waals surface area (Å²) >= 11 is 6.22. The molecule has 0 saturated heterocycles. The molecule has 1 aromatic rings. The molecular formula is C13H18Br2N2O. The lowest BCUT2D eigenvalue weighted by Gasteiger charge is -2.26. The van der Waals surface area contributed by atoms with Crippen LogP contribution in [0.25, 0.3) is 0 Å². The first kappa shape index (κ1) is 5.35. The minimum absolute atomic E-state index is 0.181. The van der Waals surface area contributed by atoms with Gasteiger partial charge in [-0.05, 0) is 59.1 Å². The zero-order valence-corrected chi connectivity index (χ0v) is 12.1. The van der Waals surface area contributed by atoms with Gasteiger partial charge in [0, 0.05) is 36.5 Å². The summed E-state index contributed by atoms with van der Waals surface area (Å²) in [4.78, 5) is 0. The van der Waals surface area contributed by atoms with Gasteiger partial charge in [0.15, 0.2) is 0 Å². The summed E-state index contributed by atoms with van der Waals surface area (Å²) in [7, 11) is 0. The number of hydrogen-bond donors (Lipinski definition) is 3. The molecule has 0 radical (unpaired) electrons. The van der Waals surface area contributed by atoms with Gasteiger partial charge in [-0.3, -0.25) is 0 Å². The zero-order valence-electron chi connectivity index (χ0n) is 20.9. The van der Waals surface area contributed by atoms with E-state index >= 15 is 0 Å². The maximum absolute atomic E-state index is 10.2. The first-order valence-corrected chi connectivity index (χ1v) is 6.38. The van der Waals surface area contributed by atoms with Crippen LogP contribution in [0.4, 0.5) is 5.69 Å². The summed E-state index contributed by atoms with van der Waals surface area (Å²) in [5.41, 5.74) is 5.31. The van der Waals surface area contributed by atoms with Crippen molar-refractivity contribution in [3.63, 3.8) is 0 Å². The number of rotatable bonds is 3. The van der Waals surface area contributed by atoms with Gasteiger partial charge in [-0.15, -0.1) is 0 Å². The molecule has 0 bridgehead atoms. The lowest BCUT2D eigenvalue weighted by molar-refractivity contribution is 0.116. The summed E-state index contributed by atoms with van der Waals surface area (Å²) in [6, 6.07) is -1.01. The van der Waals surface area contributed by atoms with Gasteiger partial charge < -0.3 is 16.2 Å². The summed E-state index contributed by atoms with van der Waals surface area (Å²) in [6.45, 7) is -2.97. The van der Waals surface area contributed by atoms with Crippen LogP contribution in [0.2, 0.25) is 0 Å². The second-order valence-corrected chi connectivity index (χ2v) is 5.09. The second-order valence-electron chi connectivity index (χ2n) is 3.32. The van der Waals surface area contributed by atoms with Gasteiger partial charge in [-0.2, -0.15) is 0 Å². The Morgan fingerprint density at radius 1 is 1.44 bits per heavy atom. The molecule has 0 heterocycles. The van der Waals surface area contributed by atoms with Crippen molar-refractivity contribution in [2.24, 2.45) is 0 Å². The molecule has 2 rings (SSSR count). The Morgan fingerprint density at radius 3 is 2.78 bits per heavy atom. The van der Waals surface area contributed by atoms with Gasteiger partial charge in [0.25, 0.3) is 0 Å². The molecule has 1 aromatic carbocycles. The summed E-state index contributed by atoms with van der Waals surface area (Å²) < 4.78 is 97.1. The van der Waals surface area contributed by atoms with Crippen molar-refractivity contribution in [1.29, 1.82) is 0 Å². The zero-order chi connectivity index (χ0) is 23.9. The molecule has 18 heavy (non-hydrogen) atoms. The molecule has 0 aromatic heterocycles. The minimum Gasteiger partial charge on any atom is -0.398 e. The monoisotopic (exact) mass is 388 g/mol. The number of nitrogens with one attached hydrogen (secondary N) is 1. The molecule has 1 aliphatic carbocycles. The lowest BCUT2D eigenvalue weighted by Crippen LogP contribution is -2.34. The van der Waals surface area contributed by atoms with Gasteiger partial charge >= 0.3 is 0 Å². The molecule has 1 fully saturated rings. The van der Waals surface area contributed by atoms with Crippen molar-refractivity contribution in [3.8, 4) is 0 Å². The van der Waals surface area contributed by atoms with Gasteiger partial charge in [-0.25, -0.2) is 0 Å². The predicted molar refractivity (Wildman–Crippen MR) is 81.4 cm³/mol. The quantitative estimate of drug-likeness (QED) is 0.695. The van der Waals surface area contributed by atoms with E-state index in [1.807, 2.05) is 0 Å². The average molecular weight is 390 g/mol. The molecule has 0 aliphatic heterocycles. The molecule has 1 saturated carbocycles. The Kier molecular flexibility index (Phi) is 1.89. The Morgan fingerprint density at radius 2 is 2.11 bits per heavy atom. The first-order valence-electron chi connectivity index (χ1n) is 10.8. The molecule has 5 heteroatoms. The van der Waals surface area contributed by atoms with Crippen LogP contribution in [0.3, 0.4) is 0 Å². The van der Waals surface area contributed by atoms with E-state index in [0.717, 1.165) is 0 Å². The van der Waals surface area contributed by atoms with E-state index in [1.165, 1.54) is 12.1 Å². The number of benzene rings is 1. The maximum Gasteiger partial charge on any atom is 0.0600 e. The van der Waals surface area contributed by atoms with Crippen LogP contribution in [-0.2, 0) is 6.50 Å². The Hall–Kier alpha value is -0.100. The normalized spacial score (nSPS) is 54.2. The van der Waals surface area contributed by atoms with E-state index in [2.05, 4.69) is 31.9 Å². The van der Waals surface area contributed by atoms with Crippen LogP contribution >= 0.6 is 31.9 Å². The molecule has 4 N–H and O–H groups in total. The molecule has 100 valence electrons. The smallest absolute Gasteiger partial charge is 0.0600 e. The highest BCUT2D eigenvalue weighted by Crippen LogP contribution is 2.28. The minimum atomic E-state index is -3.94. The standard InChI is InChI=1S/C13H18Br2N2O/c14-9-5-8(13(16)12(15)6-9)7-17-10-1-3-11(18)4-2-10/h5-6,10-11,17-18H,1-4,7,16H2/i1D2,2D2,3D2,4D2,7D2,10D,11D. The number of nitrogen functional groups attached to an aromatic ring is 1. The van der Waals surface area contributed by atoms with Crippen molar-refractivity contribution < 1.29 is 21.6 Å².